The molecule has 0 aromatic carbocycles. The van der Waals surface area contributed by atoms with Gasteiger partial charge in [0.1, 0.15) is 0 Å². The fourth-order valence-electron chi connectivity index (χ4n) is 3.78. The van der Waals surface area contributed by atoms with Crippen LogP contribution < -0.4 is 5.32 Å². The highest BCUT2D eigenvalue weighted by atomic mass is 14.9. The van der Waals surface area contributed by atoms with Crippen molar-refractivity contribution in [3.05, 3.63) is 30.1 Å². The predicted octanol–water partition coefficient (Wildman–Crippen LogP) is 4.91. The van der Waals surface area contributed by atoms with Crippen LogP contribution in [0.1, 0.15) is 76.7 Å². The van der Waals surface area contributed by atoms with Crippen LogP contribution in [0.4, 0.5) is 0 Å². The van der Waals surface area contributed by atoms with Gasteiger partial charge in [-0.05, 0) is 55.3 Å². The summed E-state index contributed by atoms with van der Waals surface area (Å²) in [7, 11) is 0. The maximum atomic E-state index is 4.17. The zero-order chi connectivity index (χ0) is 14.9. The Morgan fingerprint density at radius 2 is 1.71 bits per heavy atom. The van der Waals surface area contributed by atoms with Crippen molar-refractivity contribution in [3.8, 4) is 0 Å². The van der Waals surface area contributed by atoms with Gasteiger partial charge in [-0.1, -0.05) is 46.0 Å². The zero-order valence-electron chi connectivity index (χ0n) is 13.9. The van der Waals surface area contributed by atoms with Gasteiger partial charge in [0.2, 0.25) is 0 Å². The number of pyridine rings is 1. The molecule has 0 bridgehead atoms. The Bertz CT molecular complexity index is 368. The van der Waals surface area contributed by atoms with Crippen molar-refractivity contribution in [2.75, 3.05) is 6.54 Å². The molecule has 1 fully saturated rings. The third-order valence-electron chi connectivity index (χ3n) is 5.06. The first kappa shape index (κ1) is 16.5. The molecule has 118 valence electrons. The highest BCUT2D eigenvalue weighted by Crippen LogP contribution is 2.32. The molecule has 0 aliphatic heterocycles. The SMILES string of the molecule is CCCNC(C1CCCCCCC1)C(C)c1ccncc1. The quantitative estimate of drug-likeness (QED) is 0.804. The lowest BCUT2D eigenvalue weighted by Crippen LogP contribution is -2.41. The van der Waals surface area contributed by atoms with Crippen molar-refractivity contribution < 1.29 is 0 Å². The second kappa shape index (κ2) is 9.19. The molecule has 2 atom stereocenters. The number of hydrogen-bond donors (Lipinski definition) is 1. The van der Waals surface area contributed by atoms with Crippen molar-refractivity contribution in [1.29, 1.82) is 0 Å². The zero-order valence-corrected chi connectivity index (χ0v) is 13.9. The third-order valence-corrected chi connectivity index (χ3v) is 5.06. The molecule has 0 saturated heterocycles. The van der Waals surface area contributed by atoms with E-state index in [1.165, 1.54) is 56.9 Å². The average Bonchev–Trinajstić information content (AvgIpc) is 2.49. The molecule has 0 radical (unpaired) electrons. The van der Waals surface area contributed by atoms with Gasteiger partial charge in [-0.2, -0.15) is 0 Å². The van der Waals surface area contributed by atoms with Gasteiger partial charge in [0.25, 0.3) is 0 Å². The number of rotatable bonds is 6. The fourth-order valence-corrected chi connectivity index (χ4v) is 3.78. The number of nitrogens with zero attached hydrogens (tertiary/aromatic N) is 1. The van der Waals surface area contributed by atoms with E-state index in [-0.39, 0.29) is 0 Å². The summed E-state index contributed by atoms with van der Waals surface area (Å²) in [5.74, 6) is 1.41. The van der Waals surface area contributed by atoms with Gasteiger partial charge in [-0.15, -0.1) is 0 Å². The molecular formula is C19H32N2. The fraction of sp³-hybridized carbons (Fsp3) is 0.737. The first-order valence-corrected chi connectivity index (χ1v) is 8.96. The minimum atomic E-state index is 0.573. The lowest BCUT2D eigenvalue weighted by atomic mass is 9.78. The number of nitrogens with one attached hydrogen (secondary N) is 1. The minimum absolute atomic E-state index is 0.573. The molecule has 0 amide bonds. The summed E-state index contributed by atoms with van der Waals surface area (Å²) in [5, 5.41) is 3.87. The van der Waals surface area contributed by atoms with Gasteiger partial charge in [0, 0.05) is 18.4 Å². The molecule has 1 N–H and O–H groups in total. The molecule has 1 heterocycles. The monoisotopic (exact) mass is 288 g/mol. The van der Waals surface area contributed by atoms with Crippen LogP contribution in [0.5, 0.6) is 0 Å². The number of aromatic nitrogens is 1. The highest BCUT2D eigenvalue weighted by molar-refractivity contribution is 5.17. The van der Waals surface area contributed by atoms with E-state index in [1.54, 1.807) is 0 Å². The first-order valence-electron chi connectivity index (χ1n) is 8.96. The molecule has 0 spiro atoms. The lowest BCUT2D eigenvalue weighted by molar-refractivity contribution is 0.259. The molecule has 1 aliphatic rings. The second-order valence-corrected chi connectivity index (χ2v) is 6.65. The molecule has 2 unspecified atom stereocenters. The van der Waals surface area contributed by atoms with E-state index < -0.39 is 0 Å². The van der Waals surface area contributed by atoms with Crippen molar-refractivity contribution in [1.82, 2.24) is 10.3 Å². The van der Waals surface area contributed by atoms with E-state index in [2.05, 4.69) is 36.3 Å². The summed E-state index contributed by atoms with van der Waals surface area (Å²) in [6.07, 6.45) is 15.0. The van der Waals surface area contributed by atoms with Crippen LogP contribution in [0.15, 0.2) is 24.5 Å². The number of hydrogen-bond acceptors (Lipinski definition) is 2. The maximum absolute atomic E-state index is 4.17. The van der Waals surface area contributed by atoms with Gasteiger partial charge in [-0.25, -0.2) is 0 Å². The maximum Gasteiger partial charge on any atom is 0.0270 e. The standard InChI is InChI=1S/C19H32N2/c1-3-13-21-19(16(2)17-11-14-20-15-12-17)18-9-7-5-4-6-8-10-18/h11-12,14-16,18-19,21H,3-10,13H2,1-2H3. The molecule has 21 heavy (non-hydrogen) atoms. The highest BCUT2D eigenvalue weighted by Gasteiger charge is 2.27. The van der Waals surface area contributed by atoms with Gasteiger partial charge >= 0.3 is 0 Å². The molecule has 1 aromatic heterocycles. The Hall–Kier alpha value is -0.890. The molecular weight excluding hydrogens is 256 g/mol. The van der Waals surface area contributed by atoms with Crippen LogP contribution in [-0.2, 0) is 0 Å². The Morgan fingerprint density at radius 1 is 1.10 bits per heavy atom. The Kier molecular flexibility index (Phi) is 7.21. The van der Waals surface area contributed by atoms with E-state index in [1.807, 2.05) is 12.4 Å². The van der Waals surface area contributed by atoms with E-state index in [0.717, 1.165) is 12.5 Å². The largest absolute Gasteiger partial charge is 0.313 e. The Morgan fingerprint density at radius 3 is 2.33 bits per heavy atom. The first-order chi connectivity index (χ1) is 10.3. The predicted molar refractivity (Wildman–Crippen MR) is 90.5 cm³/mol. The van der Waals surface area contributed by atoms with Gasteiger partial charge in [0.15, 0.2) is 0 Å². The van der Waals surface area contributed by atoms with Gasteiger partial charge < -0.3 is 5.32 Å². The van der Waals surface area contributed by atoms with Crippen LogP contribution >= 0.6 is 0 Å². The minimum Gasteiger partial charge on any atom is -0.313 e. The van der Waals surface area contributed by atoms with Gasteiger partial charge in [-0.3, -0.25) is 4.98 Å². The Labute approximate surface area is 130 Å². The molecule has 2 rings (SSSR count). The van der Waals surface area contributed by atoms with E-state index in [4.69, 9.17) is 0 Å². The van der Waals surface area contributed by atoms with Crippen molar-refractivity contribution in [2.45, 2.75) is 77.2 Å². The third kappa shape index (κ3) is 5.10. The molecule has 1 aliphatic carbocycles. The van der Waals surface area contributed by atoms with E-state index in [9.17, 15) is 0 Å². The molecule has 1 aromatic rings. The van der Waals surface area contributed by atoms with Crippen molar-refractivity contribution in [3.63, 3.8) is 0 Å². The summed E-state index contributed by atoms with van der Waals surface area (Å²) in [5.41, 5.74) is 1.43. The second-order valence-electron chi connectivity index (χ2n) is 6.65. The normalized spacial score (nSPS) is 20.5. The summed E-state index contributed by atoms with van der Waals surface area (Å²) < 4.78 is 0. The average molecular weight is 288 g/mol. The Balaban J connectivity index is 2.08. The van der Waals surface area contributed by atoms with E-state index >= 15 is 0 Å². The van der Waals surface area contributed by atoms with Crippen LogP contribution in [0, 0.1) is 5.92 Å². The van der Waals surface area contributed by atoms with Crippen LogP contribution in [0.25, 0.3) is 0 Å². The summed E-state index contributed by atoms with van der Waals surface area (Å²) in [6, 6.07) is 4.99. The van der Waals surface area contributed by atoms with Gasteiger partial charge in [0.05, 0.1) is 0 Å². The van der Waals surface area contributed by atoms with Crippen molar-refractivity contribution >= 4 is 0 Å². The van der Waals surface area contributed by atoms with Crippen LogP contribution in [0.2, 0.25) is 0 Å². The van der Waals surface area contributed by atoms with E-state index in [0.29, 0.717) is 12.0 Å². The smallest absolute Gasteiger partial charge is 0.0270 e. The lowest BCUT2D eigenvalue weighted by Gasteiger charge is -2.34. The molecule has 1 saturated carbocycles. The summed E-state index contributed by atoms with van der Waals surface area (Å²) >= 11 is 0. The van der Waals surface area contributed by atoms with Crippen LogP contribution in [0.3, 0.4) is 0 Å². The molecule has 2 heteroatoms. The van der Waals surface area contributed by atoms with Crippen molar-refractivity contribution in [2.24, 2.45) is 5.92 Å². The molecule has 2 nitrogen and oxygen atoms in total. The summed E-state index contributed by atoms with van der Waals surface area (Å²) in [4.78, 5) is 4.17. The topological polar surface area (TPSA) is 24.9 Å². The summed E-state index contributed by atoms with van der Waals surface area (Å²) in [6.45, 7) is 5.79. The van der Waals surface area contributed by atoms with Crippen LogP contribution in [-0.4, -0.2) is 17.6 Å².